The summed E-state index contributed by atoms with van der Waals surface area (Å²) in [6, 6.07) is 6.63. The lowest BCUT2D eigenvalue weighted by Crippen LogP contribution is -2.29. The number of rotatable bonds is 5. The molecule has 0 saturated heterocycles. The van der Waals surface area contributed by atoms with E-state index in [0.29, 0.717) is 6.42 Å². The van der Waals surface area contributed by atoms with Crippen molar-refractivity contribution in [3.05, 3.63) is 68.4 Å². The topological polar surface area (TPSA) is 32.3 Å². The van der Waals surface area contributed by atoms with Gasteiger partial charge in [-0.2, -0.15) is 0 Å². The first-order valence-corrected chi connectivity index (χ1v) is 10.7. The standard InChI is InChI=1S/C24H30N2OS.H2/c1-15(2)21(16(3)4)13-23(27)25-24-17(5)11-20(12-18(24)6)26-9-7-22-19(14-26)8-10-28-22;/h8,10-12H,1,7,9,13-14H2,2-6H3,(H,25,27);1H. The van der Waals surface area contributed by atoms with Crippen LogP contribution in [-0.2, 0) is 17.8 Å². The van der Waals surface area contributed by atoms with Crippen LogP contribution in [0.25, 0.3) is 0 Å². The van der Waals surface area contributed by atoms with Gasteiger partial charge in [-0.15, -0.1) is 11.3 Å². The number of amides is 1. The third-order valence-electron chi connectivity index (χ3n) is 5.41. The molecule has 0 spiro atoms. The zero-order chi connectivity index (χ0) is 20.4. The molecule has 0 atom stereocenters. The quantitative estimate of drug-likeness (QED) is 0.592. The van der Waals surface area contributed by atoms with Gasteiger partial charge in [0.1, 0.15) is 0 Å². The van der Waals surface area contributed by atoms with Crippen molar-refractivity contribution in [1.82, 2.24) is 0 Å². The van der Waals surface area contributed by atoms with Crippen LogP contribution < -0.4 is 10.2 Å². The highest BCUT2D eigenvalue weighted by Crippen LogP contribution is 2.32. The molecule has 3 nitrogen and oxygen atoms in total. The average Bonchev–Trinajstić information content (AvgIpc) is 3.09. The fourth-order valence-corrected chi connectivity index (χ4v) is 4.78. The minimum absolute atomic E-state index is 0. The molecular weight excluding hydrogens is 364 g/mol. The molecule has 2 aromatic rings. The van der Waals surface area contributed by atoms with Crippen molar-refractivity contribution in [3.8, 4) is 0 Å². The highest BCUT2D eigenvalue weighted by molar-refractivity contribution is 7.10. The van der Waals surface area contributed by atoms with Gasteiger partial charge in [-0.3, -0.25) is 4.79 Å². The number of allylic oxidation sites excluding steroid dienone is 2. The third-order valence-corrected chi connectivity index (χ3v) is 6.43. The molecule has 1 aromatic heterocycles. The molecule has 1 aromatic carbocycles. The minimum Gasteiger partial charge on any atom is -0.367 e. The van der Waals surface area contributed by atoms with Crippen molar-refractivity contribution in [2.45, 2.75) is 54.0 Å². The normalized spacial score (nSPS) is 13.1. The van der Waals surface area contributed by atoms with E-state index < -0.39 is 0 Å². The number of hydrogen-bond acceptors (Lipinski definition) is 3. The first-order chi connectivity index (χ1) is 13.3. The van der Waals surface area contributed by atoms with Gasteiger partial charge >= 0.3 is 0 Å². The van der Waals surface area contributed by atoms with E-state index in [1.807, 2.05) is 32.1 Å². The number of fused-ring (bicyclic) bond motifs is 1. The molecule has 3 rings (SSSR count). The summed E-state index contributed by atoms with van der Waals surface area (Å²) >= 11 is 1.86. The van der Waals surface area contributed by atoms with Crippen molar-refractivity contribution in [3.63, 3.8) is 0 Å². The van der Waals surface area contributed by atoms with Crippen molar-refractivity contribution in [1.29, 1.82) is 0 Å². The predicted molar refractivity (Wildman–Crippen MR) is 124 cm³/mol. The monoisotopic (exact) mass is 396 g/mol. The maximum Gasteiger partial charge on any atom is 0.228 e. The molecule has 1 aliphatic heterocycles. The van der Waals surface area contributed by atoms with Crippen molar-refractivity contribution in [2.75, 3.05) is 16.8 Å². The summed E-state index contributed by atoms with van der Waals surface area (Å²) in [4.78, 5) is 16.6. The van der Waals surface area contributed by atoms with E-state index in [2.05, 4.69) is 54.2 Å². The van der Waals surface area contributed by atoms with Crippen LogP contribution in [0.1, 0.15) is 50.2 Å². The summed E-state index contributed by atoms with van der Waals surface area (Å²) in [6.45, 7) is 16.2. The number of nitrogens with zero attached hydrogens (tertiary/aromatic N) is 1. The molecule has 1 aliphatic rings. The number of hydrogen-bond donors (Lipinski definition) is 1. The molecular formula is C24H32N2OS. The number of thiophene rings is 1. The predicted octanol–water partition coefficient (Wildman–Crippen LogP) is 6.41. The van der Waals surface area contributed by atoms with Gasteiger partial charge in [0, 0.05) is 30.8 Å². The van der Waals surface area contributed by atoms with Crippen molar-refractivity contribution in [2.24, 2.45) is 0 Å². The van der Waals surface area contributed by atoms with Gasteiger partial charge in [0.2, 0.25) is 5.91 Å². The van der Waals surface area contributed by atoms with E-state index >= 15 is 0 Å². The summed E-state index contributed by atoms with van der Waals surface area (Å²) in [7, 11) is 0. The van der Waals surface area contributed by atoms with E-state index in [9.17, 15) is 4.79 Å². The Hall–Kier alpha value is -2.33. The molecule has 0 unspecified atom stereocenters. The van der Waals surface area contributed by atoms with Gasteiger partial charge in [0.25, 0.3) is 0 Å². The summed E-state index contributed by atoms with van der Waals surface area (Å²) < 4.78 is 0. The zero-order valence-electron chi connectivity index (χ0n) is 17.6. The number of anilines is 2. The summed E-state index contributed by atoms with van der Waals surface area (Å²) in [6.07, 6.45) is 1.47. The van der Waals surface area contributed by atoms with Gasteiger partial charge in [0.15, 0.2) is 0 Å². The van der Waals surface area contributed by atoms with Crippen LogP contribution in [0, 0.1) is 13.8 Å². The first kappa shape index (κ1) is 20.4. The van der Waals surface area contributed by atoms with Crippen LogP contribution in [-0.4, -0.2) is 12.5 Å². The fraction of sp³-hybridized carbons (Fsp3) is 0.375. The van der Waals surface area contributed by atoms with Gasteiger partial charge in [-0.25, -0.2) is 0 Å². The lowest BCUT2D eigenvalue weighted by molar-refractivity contribution is -0.115. The van der Waals surface area contributed by atoms with Crippen LogP contribution in [0.4, 0.5) is 11.4 Å². The number of carbonyl (C=O) groups is 1. The average molecular weight is 397 g/mol. The smallest absolute Gasteiger partial charge is 0.228 e. The lowest BCUT2D eigenvalue weighted by atomic mass is 10.00. The number of carbonyl (C=O) groups excluding carboxylic acids is 1. The molecule has 4 heteroatoms. The van der Waals surface area contributed by atoms with E-state index in [1.54, 1.807) is 0 Å². The Morgan fingerprint density at radius 1 is 1.25 bits per heavy atom. The summed E-state index contributed by atoms with van der Waals surface area (Å²) in [5.41, 5.74) is 8.94. The Kier molecular flexibility index (Phi) is 6.09. The maximum atomic E-state index is 12.6. The van der Waals surface area contributed by atoms with Crippen LogP contribution in [0.15, 0.2) is 46.9 Å². The Morgan fingerprint density at radius 3 is 2.54 bits per heavy atom. The molecule has 28 heavy (non-hydrogen) atoms. The second-order valence-corrected chi connectivity index (χ2v) is 8.98. The van der Waals surface area contributed by atoms with E-state index in [-0.39, 0.29) is 7.33 Å². The number of nitrogens with one attached hydrogen (secondary N) is 1. The number of aryl methyl sites for hydroxylation is 2. The zero-order valence-corrected chi connectivity index (χ0v) is 18.4. The molecule has 2 heterocycles. The van der Waals surface area contributed by atoms with Crippen LogP contribution >= 0.6 is 11.3 Å². The second-order valence-electron chi connectivity index (χ2n) is 7.98. The van der Waals surface area contributed by atoms with E-state index in [4.69, 9.17) is 0 Å². The lowest BCUT2D eigenvalue weighted by Gasteiger charge is -2.30. The Bertz CT molecular complexity index is 931. The molecule has 0 fully saturated rings. The Morgan fingerprint density at radius 2 is 1.93 bits per heavy atom. The van der Waals surface area contributed by atoms with Crippen LogP contribution in [0.5, 0.6) is 0 Å². The molecule has 0 bridgehead atoms. The molecule has 0 aliphatic carbocycles. The molecule has 0 radical (unpaired) electrons. The molecule has 1 amide bonds. The van der Waals surface area contributed by atoms with Crippen LogP contribution in [0.2, 0.25) is 0 Å². The van der Waals surface area contributed by atoms with Crippen molar-refractivity contribution >= 4 is 28.6 Å². The van der Waals surface area contributed by atoms with E-state index in [1.165, 1.54) is 16.1 Å². The highest BCUT2D eigenvalue weighted by Gasteiger charge is 2.19. The largest absolute Gasteiger partial charge is 0.367 e. The first-order valence-electron chi connectivity index (χ1n) is 9.79. The highest BCUT2D eigenvalue weighted by atomic mass is 32.1. The number of benzene rings is 1. The molecule has 150 valence electrons. The van der Waals surface area contributed by atoms with Gasteiger partial charge in [0.05, 0.1) is 6.42 Å². The Labute approximate surface area is 174 Å². The fourth-order valence-electron chi connectivity index (χ4n) is 3.89. The molecule has 0 saturated carbocycles. The van der Waals surface area contributed by atoms with Gasteiger partial charge in [-0.05, 0) is 86.9 Å². The molecule has 1 N–H and O–H groups in total. The minimum atomic E-state index is 0. The van der Waals surface area contributed by atoms with Gasteiger partial charge < -0.3 is 10.2 Å². The van der Waals surface area contributed by atoms with Gasteiger partial charge in [-0.1, -0.05) is 17.7 Å². The van der Waals surface area contributed by atoms with Crippen molar-refractivity contribution < 1.29 is 6.22 Å². The summed E-state index contributed by atoms with van der Waals surface area (Å²) in [5, 5.41) is 5.32. The Balaban J connectivity index is 0.00000300. The van der Waals surface area contributed by atoms with E-state index in [0.717, 1.165) is 53.0 Å². The summed E-state index contributed by atoms with van der Waals surface area (Å²) in [5.74, 6) is 0.0130. The third kappa shape index (κ3) is 4.39. The maximum absolute atomic E-state index is 12.6. The van der Waals surface area contributed by atoms with Crippen LogP contribution in [0.3, 0.4) is 0 Å². The SMILES string of the molecule is C=C(C)C(CC(=O)Nc1c(C)cc(N2CCc3sccc3C2)cc1C)=C(C)C.[HH]. The second kappa shape index (κ2) is 8.36.